The molecule has 3 N–H and O–H groups in total. The average molecular weight is 720 g/mol. The van der Waals surface area contributed by atoms with Gasteiger partial charge in [-0.2, -0.15) is 0 Å². The third-order valence-electron chi connectivity index (χ3n) is 9.23. The second-order valence-corrected chi connectivity index (χ2v) is 13.0. The van der Waals surface area contributed by atoms with E-state index in [1.165, 1.54) is 0 Å². The van der Waals surface area contributed by atoms with Crippen molar-refractivity contribution in [3.8, 4) is 45.1 Å². The lowest BCUT2D eigenvalue weighted by molar-refractivity contribution is -0.101. The highest BCUT2D eigenvalue weighted by atomic mass is 16.6. The first kappa shape index (κ1) is 35.7. The summed E-state index contributed by atoms with van der Waals surface area (Å²) >= 11 is 0. The van der Waals surface area contributed by atoms with Crippen molar-refractivity contribution >= 4 is 17.5 Å². The number of nitrogen functional groups attached to an aromatic ring is 1. The summed E-state index contributed by atoms with van der Waals surface area (Å²) in [7, 11) is 1.58. The van der Waals surface area contributed by atoms with Crippen molar-refractivity contribution in [3.05, 3.63) is 94.7 Å². The zero-order chi connectivity index (χ0) is 36.7. The van der Waals surface area contributed by atoms with E-state index in [-0.39, 0.29) is 23.3 Å². The van der Waals surface area contributed by atoms with Crippen molar-refractivity contribution in [2.24, 2.45) is 5.92 Å². The van der Waals surface area contributed by atoms with E-state index in [1.807, 2.05) is 41.8 Å². The molecule has 6 heterocycles. The third-order valence-corrected chi connectivity index (χ3v) is 9.23. The largest absolute Gasteiger partial charge is 0.493 e. The number of aromatic nitrogens is 5. The zero-order valence-electron chi connectivity index (χ0n) is 29.6. The second kappa shape index (κ2) is 16.3. The van der Waals surface area contributed by atoms with Crippen molar-refractivity contribution in [1.29, 1.82) is 0 Å². The van der Waals surface area contributed by atoms with E-state index in [4.69, 9.17) is 29.4 Å². The van der Waals surface area contributed by atoms with Crippen LogP contribution in [0.1, 0.15) is 28.8 Å². The van der Waals surface area contributed by atoms with Gasteiger partial charge in [0.25, 0.3) is 5.91 Å². The Kier molecular flexibility index (Phi) is 11.0. The molecule has 5 aromatic rings. The van der Waals surface area contributed by atoms with Gasteiger partial charge in [0.1, 0.15) is 24.1 Å². The van der Waals surface area contributed by atoms with Crippen LogP contribution in [0.3, 0.4) is 0 Å². The van der Waals surface area contributed by atoms with Crippen LogP contribution in [-0.2, 0) is 20.8 Å². The van der Waals surface area contributed by atoms with E-state index in [0.29, 0.717) is 86.1 Å². The van der Waals surface area contributed by atoms with Gasteiger partial charge in [0.15, 0.2) is 17.3 Å². The highest BCUT2D eigenvalue weighted by Gasteiger charge is 2.21. The maximum Gasteiger partial charge on any atom is 0.262 e. The summed E-state index contributed by atoms with van der Waals surface area (Å²) in [5.41, 5.74) is 10.2. The number of methoxy groups -OCH3 is 1. The van der Waals surface area contributed by atoms with Crippen LogP contribution >= 0.6 is 0 Å². The van der Waals surface area contributed by atoms with Gasteiger partial charge in [0.05, 0.1) is 43.9 Å². The van der Waals surface area contributed by atoms with Crippen LogP contribution < -0.4 is 26.0 Å². The van der Waals surface area contributed by atoms with Crippen LogP contribution in [0.4, 0.5) is 11.6 Å². The van der Waals surface area contributed by atoms with Gasteiger partial charge >= 0.3 is 0 Å². The summed E-state index contributed by atoms with van der Waals surface area (Å²) in [5, 5.41) is 11.3. The Labute approximate surface area is 306 Å². The molecular formula is C39H41N7O7. The fraction of sp³-hybridized carbons (Fsp3) is 0.333. The molecule has 2 aliphatic heterocycles. The number of nitrogens with one attached hydrogen (secondary N) is 1. The van der Waals surface area contributed by atoms with Gasteiger partial charge in [0, 0.05) is 55.7 Å². The number of benzene rings is 1. The Balaban J connectivity index is 1.09. The predicted molar refractivity (Wildman–Crippen MR) is 198 cm³/mol. The number of rotatable bonds is 11. The third kappa shape index (κ3) is 8.52. The minimum atomic E-state index is -0.601. The highest BCUT2D eigenvalue weighted by molar-refractivity contribution is 6.04. The SMILES string of the molecule is COc1cc(-c2cnc(N)c(-c3ccc(NC(=O)c4cn(CC5CCOCC5)cc(-c5ccc(C)cn5)c4=O)nn3)c2)ccc1OC[C@H]1COCCO1. The number of hydrogen-bond donors (Lipinski definition) is 2. The molecule has 0 bridgehead atoms. The lowest BCUT2D eigenvalue weighted by atomic mass is 10.00. The van der Waals surface area contributed by atoms with Crippen LogP contribution in [0.25, 0.3) is 33.6 Å². The molecule has 0 spiro atoms. The molecule has 1 amide bonds. The van der Waals surface area contributed by atoms with Gasteiger partial charge in [-0.3, -0.25) is 14.6 Å². The molecule has 0 unspecified atom stereocenters. The Morgan fingerprint density at radius 1 is 0.906 bits per heavy atom. The standard InChI is InChI=1S/C39H41N7O7/c1-24-3-5-32(41-17-24)30-20-46(19-25-9-11-50-12-10-25)21-31(37(30)47)39(48)43-36-8-6-33(44-45-36)29-15-27(18-42-38(29)40)26-4-7-34(35(16-26)49-2)53-23-28-22-51-13-14-52-28/h3-8,15-18,20-21,25,28H,9-14,19,22-23H2,1-2H3,(H2,40,42)(H,43,45,48)/t28-/m1/s1. The number of carbonyl (C=O) groups excluding carboxylic acids is 1. The molecule has 14 heteroatoms. The minimum Gasteiger partial charge on any atom is -0.493 e. The maximum absolute atomic E-state index is 13.7. The maximum atomic E-state index is 13.7. The minimum absolute atomic E-state index is 0.0212. The summed E-state index contributed by atoms with van der Waals surface area (Å²) < 4.78 is 30.1. The van der Waals surface area contributed by atoms with Gasteiger partial charge < -0.3 is 39.3 Å². The number of hydrogen-bond acceptors (Lipinski definition) is 12. The summed E-state index contributed by atoms with van der Waals surface area (Å²) in [6.07, 6.45) is 8.39. The number of amides is 1. The molecule has 0 saturated carbocycles. The number of pyridine rings is 3. The van der Waals surface area contributed by atoms with Gasteiger partial charge in [-0.1, -0.05) is 12.1 Å². The first-order chi connectivity index (χ1) is 25.8. The molecule has 1 atom stereocenters. The van der Waals surface area contributed by atoms with Crippen molar-refractivity contribution in [2.45, 2.75) is 32.4 Å². The molecule has 2 aliphatic rings. The summed E-state index contributed by atoms with van der Waals surface area (Å²) in [5.74, 6) is 1.31. The predicted octanol–water partition coefficient (Wildman–Crippen LogP) is 4.80. The Hall–Kier alpha value is -5.70. The van der Waals surface area contributed by atoms with Crippen molar-refractivity contribution in [1.82, 2.24) is 24.7 Å². The first-order valence-corrected chi connectivity index (χ1v) is 17.5. The number of carbonyl (C=O) groups is 1. The summed E-state index contributed by atoms with van der Waals surface area (Å²) in [6, 6.07) is 14.4. The smallest absolute Gasteiger partial charge is 0.262 e. The van der Waals surface area contributed by atoms with Crippen molar-refractivity contribution in [3.63, 3.8) is 0 Å². The molecule has 53 heavy (non-hydrogen) atoms. The van der Waals surface area contributed by atoms with Crippen LogP contribution in [0.15, 0.2) is 78.1 Å². The molecule has 0 radical (unpaired) electrons. The van der Waals surface area contributed by atoms with Gasteiger partial charge in [-0.25, -0.2) is 4.98 Å². The van der Waals surface area contributed by atoms with E-state index in [1.54, 1.807) is 50.1 Å². The van der Waals surface area contributed by atoms with Crippen LogP contribution in [0, 0.1) is 12.8 Å². The summed E-state index contributed by atoms with van der Waals surface area (Å²) in [4.78, 5) is 36.2. The second-order valence-electron chi connectivity index (χ2n) is 13.0. The van der Waals surface area contributed by atoms with Crippen LogP contribution in [-0.4, -0.2) is 83.5 Å². The number of anilines is 2. The Morgan fingerprint density at radius 3 is 2.49 bits per heavy atom. The van der Waals surface area contributed by atoms with Crippen LogP contribution in [0.2, 0.25) is 0 Å². The molecule has 4 aromatic heterocycles. The van der Waals surface area contributed by atoms with Crippen LogP contribution in [0.5, 0.6) is 11.5 Å². The van der Waals surface area contributed by atoms with E-state index in [9.17, 15) is 9.59 Å². The Bertz CT molecular complexity index is 2110. The highest BCUT2D eigenvalue weighted by Crippen LogP contribution is 2.35. The lowest BCUT2D eigenvalue weighted by Crippen LogP contribution is -2.33. The van der Waals surface area contributed by atoms with E-state index < -0.39 is 11.3 Å². The molecule has 274 valence electrons. The van der Waals surface area contributed by atoms with Gasteiger partial charge in [0.2, 0.25) is 5.43 Å². The first-order valence-electron chi connectivity index (χ1n) is 17.5. The molecule has 1 aromatic carbocycles. The molecule has 14 nitrogen and oxygen atoms in total. The van der Waals surface area contributed by atoms with Gasteiger partial charge in [-0.05, 0) is 73.2 Å². The van der Waals surface area contributed by atoms with E-state index in [2.05, 4.69) is 25.5 Å². The number of nitrogens with zero attached hydrogens (tertiary/aromatic N) is 5. The normalized spacial score (nSPS) is 16.2. The molecule has 2 fully saturated rings. The van der Waals surface area contributed by atoms with Crippen molar-refractivity contribution < 1.29 is 28.5 Å². The Morgan fingerprint density at radius 2 is 1.75 bits per heavy atom. The zero-order valence-corrected chi connectivity index (χ0v) is 29.6. The molecular weight excluding hydrogens is 678 g/mol. The number of aryl methyl sites for hydroxylation is 1. The molecule has 2 saturated heterocycles. The monoisotopic (exact) mass is 719 g/mol. The van der Waals surface area contributed by atoms with Gasteiger partial charge in [-0.15, -0.1) is 10.2 Å². The topological polar surface area (TPSA) is 175 Å². The fourth-order valence-electron chi connectivity index (χ4n) is 6.28. The molecule has 0 aliphatic carbocycles. The average Bonchev–Trinajstić information content (AvgIpc) is 3.19. The van der Waals surface area contributed by atoms with Crippen molar-refractivity contribution in [2.75, 3.05) is 57.8 Å². The number of ether oxygens (including phenoxy) is 5. The quantitative estimate of drug-likeness (QED) is 0.191. The van der Waals surface area contributed by atoms with E-state index in [0.717, 1.165) is 29.5 Å². The lowest BCUT2D eigenvalue weighted by Gasteiger charge is -2.23. The molecule has 7 rings (SSSR count). The summed E-state index contributed by atoms with van der Waals surface area (Å²) in [6.45, 7) is 5.89. The number of nitrogens with two attached hydrogens (primary N) is 1. The van der Waals surface area contributed by atoms with E-state index >= 15 is 0 Å². The fourth-order valence-corrected chi connectivity index (χ4v) is 6.28.